The van der Waals surface area contributed by atoms with E-state index in [-0.39, 0.29) is 0 Å². The van der Waals surface area contributed by atoms with Crippen molar-refractivity contribution in [1.82, 2.24) is 25.6 Å². The van der Waals surface area contributed by atoms with Crippen molar-refractivity contribution in [2.75, 3.05) is 46.3 Å². The minimum Gasteiger partial charge on any atom is -0.359 e. The van der Waals surface area contributed by atoms with Gasteiger partial charge in [-0.3, -0.25) is 14.7 Å². The summed E-state index contributed by atoms with van der Waals surface area (Å²) in [7, 11) is 1.76. The molecule has 1 saturated carbocycles. The van der Waals surface area contributed by atoms with Gasteiger partial charge in [-0.05, 0) is 18.8 Å². The lowest BCUT2D eigenvalue weighted by molar-refractivity contribution is -0.139. The summed E-state index contributed by atoms with van der Waals surface area (Å²) in [6.07, 6.45) is 3.39. The highest BCUT2D eigenvalue weighted by Crippen LogP contribution is 2.28. The molecule has 0 unspecified atom stereocenters. The Labute approximate surface area is 167 Å². The highest BCUT2D eigenvalue weighted by atomic mass is 16.5. The number of nitrogens with one attached hydrogen (secondary N) is 2. The van der Waals surface area contributed by atoms with Gasteiger partial charge in [-0.15, -0.1) is 0 Å². The SMILES string of the molecule is CN=C(NCCN1CCN(C(=O)C2CCC2)CC1)NCc1cc(C(C)C)no1. The van der Waals surface area contributed by atoms with Crippen LogP contribution in [0, 0.1) is 5.92 Å². The molecule has 1 aromatic heterocycles. The van der Waals surface area contributed by atoms with Crippen LogP contribution in [0.3, 0.4) is 0 Å². The zero-order chi connectivity index (χ0) is 19.9. The van der Waals surface area contributed by atoms with E-state index in [9.17, 15) is 4.79 Å². The van der Waals surface area contributed by atoms with E-state index in [0.29, 0.717) is 24.3 Å². The van der Waals surface area contributed by atoms with Crippen molar-refractivity contribution in [3.63, 3.8) is 0 Å². The molecular weight excluding hydrogens is 356 g/mol. The Hall–Kier alpha value is -2.09. The number of guanidine groups is 1. The van der Waals surface area contributed by atoms with Gasteiger partial charge < -0.3 is 20.1 Å². The maximum atomic E-state index is 12.3. The van der Waals surface area contributed by atoms with E-state index in [1.165, 1.54) is 6.42 Å². The maximum Gasteiger partial charge on any atom is 0.225 e. The first-order chi connectivity index (χ1) is 13.6. The van der Waals surface area contributed by atoms with Crippen LogP contribution in [0.4, 0.5) is 0 Å². The molecule has 28 heavy (non-hydrogen) atoms. The summed E-state index contributed by atoms with van der Waals surface area (Å²) in [6, 6.07) is 1.98. The highest BCUT2D eigenvalue weighted by molar-refractivity contribution is 5.80. The Kier molecular flexibility index (Phi) is 7.30. The van der Waals surface area contributed by atoms with E-state index in [4.69, 9.17) is 4.52 Å². The summed E-state index contributed by atoms with van der Waals surface area (Å²) in [5.74, 6) is 2.60. The number of piperazine rings is 1. The molecule has 3 rings (SSSR count). The average Bonchev–Trinajstić information content (AvgIpc) is 3.13. The second-order valence-corrected chi connectivity index (χ2v) is 8.02. The van der Waals surface area contributed by atoms with Crippen LogP contribution < -0.4 is 10.6 Å². The Morgan fingerprint density at radius 2 is 2.04 bits per heavy atom. The number of aromatic nitrogens is 1. The van der Waals surface area contributed by atoms with Gasteiger partial charge in [0.15, 0.2) is 11.7 Å². The maximum absolute atomic E-state index is 12.3. The molecule has 2 heterocycles. The Morgan fingerprint density at radius 1 is 1.29 bits per heavy atom. The minimum atomic E-state index is 0.309. The molecule has 2 N–H and O–H groups in total. The smallest absolute Gasteiger partial charge is 0.225 e. The van der Waals surface area contributed by atoms with E-state index in [1.807, 2.05) is 6.07 Å². The second kappa shape index (κ2) is 9.91. The Bertz CT molecular complexity index is 659. The van der Waals surface area contributed by atoms with Gasteiger partial charge in [0.25, 0.3) is 0 Å². The summed E-state index contributed by atoms with van der Waals surface area (Å²) in [5.41, 5.74) is 0.967. The predicted molar refractivity (Wildman–Crippen MR) is 109 cm³/mol. The fraction of sp³-hybridized carbons (Fsp3) is 0.750. The van der Waals surface area contributed by atoms with Gasteiger partial charge in [-0.1, -0.05) is 25.4 Å². The standard InChI is InChI=1S/C20H34N6O2/c1-15(2)18-13-17(28-24-18)14-23-20(21-3)22-7-8-25-9-11-26(12-10-25)19(27)16-5-4-6-16/h13,15-16H,4-12,14H2,1-3H3,(H2,21,22,23). The number of hydrogen-bond donors (Lipinski definition) is 2. The molecular formula is C20H34N6O2. The third-order valence-corrected chi connectivity index (χ3v) is 5.68. The van der Waals surface area contributed by atoms with E-state index in [2.05, 4.69) is 44.4 Å². The molecule has 1 saturated heterocycles. The number of hydrogen-bond acceptors (Lipinski definition) is 5. The predicted octanol–water partition coefficient (Wildman–Crippen LogP) is 1.41. The van der Waals surface area contributed by atoms with Crippen LogP contribution >= 0.6 is 0 Å². The van der Waals surface area contributed by atoms with Crippen molar-refractivity contribution in [3.8, 4) is 0 Å². The van der Waals surface area contributed by atoms with Crippen molar-refractivity contribution in [2.45, 2.75) is 45.6 Å². The fourth-order valence-electron chi connectivity index (χ4n) is 3.51. The molecule has 1 aromatic rings. The number of amides is 1. The number of nitrogens with zero attached hydrogens (tertiary/aromatic N) is 4. The number of rotatable bonds is 7. The van der Waals surface area contributed by atoms with Crippen LogP contribution in [0.25, 0.3) is 0 Å². The number of carbonyl (C=O) groups excluding carboxylic acids is 1. The van der Waals surface area contributed by atoms with Crippen LogP contribution in [0.1, 0.15) is 50.5 Å². The van der Waals surface area contributed by atoms with Gasteiger partial charge in [-0.2, -0.15) is 0 Å². The number of aliphatic imine (C=N–C) groups is 1. The monoisotopic (exact) mass is 390 g/mol. The molecule has 0 atom stereocenters. The average molecular weight is 391 g/mol. The van der Waals surface area contributed by atoms with E-state index >= 15 is 0 Å². The van der Waals surface area contributed by atoms with Crippen LogP contribution in [0.2, 0.25) is 0 Å². The molecule has 1 aliphatic carbocycles. The first kappa shape index (κ1) is 20.6. The summed E-state index contributed by atoms with van der Waals surface area (Å²) in [6.45, 7) is 10.1. The summed E-state index contributed by atoms with van der Waals surface area (Å²) in [5, 5.41) is 10.7. The van der Waals surface area contributed by atoms with Gasteiger partial charge >= 0.3 is 0 Å². The lowest BCUT2D eigenvalue weighted by Gasteiger charge is -2.38. The van der Waals surface area contributed by atoms with Crippen molar-refractivity contribution < 1.29 is 9.32 Å². The van der Waals surface area contributed by atoms with Crippen molar-refractivity contribution in [3.05, 3.63) is 17.5 Å². The number of carbonyl (C=O) groups is 1. The van der Waals surface area contributed by atoms with Gasteiger partial charge in [0.2, 0.25) is 5.91 Å². The normalized spacial score (nSPS) is 19.0. The Morgan fingerprint density at radius 3 is 2.61 bits per heavy atom. The second-order valence-electron chi connectivity index (χ2n) is 8.02. The van der Waals surface area contributed by atoms with Crippen LogP contribution in [-0.4, -0.2) is 73.1 Å². The Balaban J connectivity index is 1.31. The molecule has 1 aliphatic heterocycles. The zero-order valence-corrected chi connectivity index (χ0v) is 17.4. The largest absolute Gasteiger partial charge is 0.359 e. The molecule has 1 amide bonds. The van der Waals surface area contributed by atoms with Crippen molar-refractivity contribution in [1.29, 1.82) is 0 Å². The molecule has 2 aliphatic rings. The van der Waals surface area contributed by atoms with E-state index in [0.717, 1.165) is 69.5 Å². The lowest BCUT2D eigenvalue weighted by atomic mass is 9.84. The van der Waals surface area contributed by atoms with Crippen LogP contribution in [-0.2, 0) is 11.3 Å². The summed E-state index contributed by atoms with van der Waals surface area (Å²) in [4.78, 5) is 21.0. The van der Waals surface area contributed by atoms with Crippen molar-refractivity contribution in [2.24, 2.45) is 10.9 Å². The first-order valence-corrected chi connectivity index (χ1v) is 10.5. The minimum absolute atomic E-state index is 0.309. The third kappa shape index (κ3) is 5.47. The van der Waals surface area contributed by atoms with Crippen LogP contribution in [0.15, 0.2) is 15.6 Å². The van der Waals surface area contributed by atoms with Crippen LogP contribution in [0.5, 0.6) is 0 Å². The molecule has 0 radical (unpaired) electrons. The molecule has 156 valence electrons. The zero-order valence-electron chi connectivity index (χ0n) is 17.4. The lowest BCUT2D eigenvalue weighted by Crippen LogP contribution is -2.52. The molecule has 8 nitrogen and oxygen atoms in total. The molecule has 0 spiro atoms. The van der Waals surface area contributed by atoms with Gasteiger partial charge in [0.05, 0.1) is 12.2 Å². The van der Waals surface area contributed by atoms with Gasteiger partial charge in [-0.25, -0.2) is 0 Å². The van der Waals surface area contributed by atoms with Crippen molar-refractivity contribution >= 4 is 11.9 Å². The molecule has 8 heteroatoms. The van der Waals surface area contributed by atoms with Gasteiger partial charge in [0, 0.05) is 58.3 Å². The summed E-state index contributed by atoms with van der Waals surface area (Å²) < 4.78 is 5.34. The fourth-order valence-corrected chi connectivity index (χ4v) is 3.51. The topological polar surface area (TPSA) is 86.0 Å². The molecule has 2 fully saturated rings. The molecule has 0 bridgehead atoms. The first-order valence-electron chi connectivity index (χ1n) is 10.5. The van der Waals surface area contributed by atoms with E-state index < -0.39 is 0 Å². The van der Waals surface area contributed by atoms with E-state index in [1.54, 1.807) is 7.05 Å². The summed E-state index contributed by atoms with van der Waals surface area (Å²) >= 11 is 0. The third-order valence-electron chi connectivity index (χ3n) is 5.68. The highest BCUT2D eigenvalue weighted by Gasteiger charge is 2.30. The quantitative estimate of drug-likeness (QED) is 0.541. The molecule has 0 aromatic carbocycles. The van der Waals surface area contributed by atoms with Gasteiger partial charge in [0.1, 0.15) is 0 Å².